The van der Waals surface area contributed by atoms with Gasteiger partial charge < -0.3 is 21.7 Å². The van der Waals surface area contributed by atoms with Crippen LogP contribution >= 0.6 is 11.8 Å². The predicted octanol–water partition coefficient (Wildman–Crippen LogP) is -1.43. The Labute approximate surface area is 155 Å². The third-order valence-electron chi connectivity index (χ3n) is 4.77. The van der Waals surface area contributed by atoms with Crippen LogP contribution in [0.4, 0.5) is 0 Å². The van der Waals surface area contributed by atoms with Gasteiger partial charge in [-0.3, -0.25) is 19.0 Å². The Morgan fingerprint density at radius 3 is 2.92 bits per heavy atom. The van der Waals surface area contributed by atoms with Gasteiger partial charge >= 0.3 is 0 Å². The lowest BCUT2D eigenvalue weighted by Crippen LogP contribution is -2.51. The first-order valence-corrected chi connectivity index (χ1v) is 9.77. The highest BCUT2D eigenvalue weighted by Gasteiger charge is 2.35. The molecule has 2 saturated heterocycles. The van der Waals surface area contributed by atoms with E-state index in [0.717, 1.165) is 18.7 Å². The highest BCUT2D eigenvalue weighted by Crippen LogP contribution is 2.20. The van der Waals surface area contributed by atoms with Crippen LogP contribution in [-0.2, 0) is 16.0 Å². The highest BCUT2D eigenvalue weighted by molar-refractivity contribution is 8.00. The zero-order chi connectivity index (χ0) is 18.7. The third-order valence-corrected chi connectivity index (χ3v) is 5.98. The van der Waals surface area contributed by atoms with E-state index in [2.05, 4.69) is 10.3 Å². The van der Waals surface area contributed by atoms with Crippen molar-refractivity contribution >= 4 is 29.5 Å². The number of carbonyl (C=O) groups is 3. The molecule has 3 heterocycles. The molecule has 2 aliphatic heterocycles. The maximum atomic E-state index is 12.7. The molecular formula is C16H24N6O3S. The Balaban J connectivity index is 1.67. The second kappa shape index (κ2) is 8.19. The largest absolute Gasteiger partial charge is 0.368 e. The van der Waals surface area contributed by atoms with Gasteiger partial charge in [-0.05, 0) is 12.8 Å². The quantitative estimate of drug-likeness (QED) is 0.570. The number of hydrogen-bond donors (Lipinski definition) is 3. The van der Waals surface area contributed by atoms with Gasteiger partial charge in [0.2, 0.25) is 17.7 Å². The van der Waals surface area contributed by atoms with E-state index >= 15 is 0 Å². The van der Waals surface area contributed by atoms with Crippen LogP contribution in [0.2, 0.25) is 0 Å². The van der Waals surface area contributed by atoms with Crippen LogP contribution in [0, 0.1) is 0 Å². The van der Waals surface area contributed by atoms with Crippen LogP contribution in [0.1, 0.15) is 23.3 Å². The van der Waals surface area contributed by atoms with Crippen molar-refractivity contribution in [1.82, 2.24) is 19.8 Å². The molecule has 1 unspecified atom stereocenters. The fourth-order valence-corrected chi connectivity index (χ4v) is 4.44. The molecule has 0 bridgehead atoms. The maximum Gasteiger partial charge on any atom is 0.246 e. The van der Waals surface area contributed by atoms with E-state index in [0.29, 0.717) is 25.2 Å². The highest BCUT2D eigenvalue weighted by atomic mass is 32.2. The number of amides is 2. The van der Waals surface area contributed by atoms with Gasteiger partial charge in [0.25, 0.3) is 0 Å². The molecule has 142 valence electrons. The molecule has 1 aromatic rings. The number of imidazole rings is 1. The van der Waals surface area contributed by atoms with E-state index in [4.69, 9.17) is 11.5 Å². The predicted molar refractivity (Wildman–Crippen MR) is 97.6 cm³/mol. The van der Waals surface area contributed by atoms with Gasteiger partial charge in [-0.2, -0.15) is 0 Å². The molecular weight excluding hydrogens is 356 g/mol. The molecule has 0 spiro atoms. The van der Waals surface area contributed by atoms with Crippen LogP contribution in [0.3, 0.4) is 0 Å². The summed E-state index contributed by atoms with van der Waals surface area (Å²) in [5.41, 5.74) is 12.0. The van der Waals surface area contributed by atoms with Crippen LogP contribution in [-0.4, -0.2) is 74.9 Å². The normalized spacial score (nSPS) is 24.4. The van der Waals surface area contributed by atoms with Gasteiger partial charge in [0.15, 0.2) is 0 Å². The maximum absolute atomic E-state index is 12.7. The number of rotatable bonds is 5. The molecule has 3 rings (SSSR count). The monoisotopic (exact) mass is 380 g/mol. The molecule has 0 aliphatic carbocycles. The first-order valence-electron chi connectivity index (χ1n) is 8.72. The Hall–Kier alpha value is -1.91. The van der Waals surface area contributed by atoms with E-state index in [-0.39, 0.29) is 23.5 Å². The summed E-state index contributed by atoms with van der Waals surface area (Å²) in [5, 5.41) is 3.02. The number of thioether (sulfide) groups is 1. The minimum atomic E-state index is -0.852. The molecule has 3 atom stereocenters. The zero-order valence-electron chi connectivity index (χ0n) is 14.5. The lowest BCUT2D eigenvalue weighted by atomic mass is 10.1. The summed E-state index contributed by atoms with van der Waals surface area (Å²) in [6.07, 6.45) is 4.50. The summed E-state index contributed by atoms with van der Waals surface area (Å²) < 4.78 is 1.48. The topological polar surface area (TPSA) is 136 Å². The average Bonchev–Trinajstić information content (AvgIpc) is 3.30. The first kappa shape index (κ1) is 18.9. The Morgan fingerprint density at radius 2 is 2.23 bits per heavy atom. The van der Waals surface area contributed by atoms with Crippen LogP contribution in [0.15, 0.2) is 12.5 Å². The Morgan fingerprint density at radius 1 is 1.42 bits per heavy atom. The lowest BCUT2D eigenvalue weighted by molar-refractivity contribution is -0.138. The van der Waals surface area contributed by atoms with Crippen molar-refractivity contribution in [2.24, 2.45) is 11.5 Å². The van der Waals surface area contributed by atoms with Gasteiger partial charge in [0, 0.05) is 43.7 Å². The number of hydrogen-bond acceptors (Lipinski definition) is 7. The molecule has 10 heteroatoms. The molecule has 2 fully saturated rings. The van der Waals surface area contributed by atoms with Gasteiger partial charge in [-0.25, -0.2) is 4.98 Å². The molecule has 9 nitrogen and oxygen atoms in total. The van der Waals surface area contributed by atoms with Crippen molar-refractivity contribution in [3.8, 4) is 0 Å². The number of primary amides is 1. The van der Waals surface area contributed by atoms with Crippen molar-refractivity contribution in [2.45, 2.75) is 36.6 Å². The summed E-state index contributed by atoms with van der Waals surface area (Å²) in [7, 11) is 0. The number of nitrogens with two attached hydrogens (primary N) is 2. The summed E-state index contributed by atoms with van der Waals surface area (Å²) in [5.74, 6) is -0.0159. The van der Waals surface area contributed by atoms with E-state index in [1.165, 1.54) is 15.8 Å². The molecule has 5 N–H and O–H groups in total. The standard InChI is InChI=1S/C16H24N6O3S/c17-11(15(24)21-4-1-2-12(21)14(18)23)6-10-7-20-9-22(10)16(25)13-8-19-3-5-26-13/h7,9,11-13,19H,1-6,8,17H2,(H2,18,23)/t11-,12-,13?/m0/s1. The first-order chi connectivity index (χ1) is 12.5. The van der Waals surface area contributed by atoms with Crippen molar-refractivity contribution in [1.29, 1.82) is 0 Å². The summed E-state index contributed by atoms with van der Waals surface area (Å²) in [6.45, 7) is 1.98. The fourth-order valence-electron chi connectivity index (χ4n) is 3.40. The number of nitrogens with one attached hydrogen (secondary N) is 1. The summed E-state index contributed by atoms with van der Waals surface area (Å²) in [4.78, 5) is 42.3. The number of nitrogens with zero attached hydrogens (tertiary/aromatic N) is 3. The van der Waals surface area contributed by atoms with Crippen molar-refractivity contribution < 1.29 is 14.4 Å². The minimum absolute atomic E-state index is 0.0643. The minimum Gasteiger partial charge on any atom is -0.368 e. The van der Waals surface area contributed by atoms with Crippen LogP contribution in [0.25, 0.3) is 0 Å². The van der Waals surface area contributed by atoms with E-state index in [1.54, 1.807) is 18.0 Å². The van der Waals surface area contributed by atoms with Gasteiger partial charge in [-0.15, -0.1) is 11.8 Å². The van der Waals surface area contributed by atoms with Gasteiger partial charge in [-0.1, -0.05) is 0 Å². The van der Waals surface area contributed by atoms with E-state index in [9.17, 15) is 14.4 Å². The smallest absolute Gasteiger partial charge is 0.246 e. The SMILES string of the molecule is NC(=O)[C@@H]1CCCN1C(=O)[C@@H](N)Cc1cncn1C(=O)C1CNCCS1. The second-order valence-electron chi connectivity index (χ2n) is 6.56. The summed E-state index contributed by atoms with van der Waals surface area (Å²) >= 11 is 1.61. The molecule has 0 saturated carbocycles. The van der Waals surface area contributed by atoms with Gasteiger partial charge in [0.1, 0.15) is 12.4 Å². The van der Waals surface area contributed by atoms with Crippen molar-refractivity contribution in [2.75, 3.05) is 25.4 Å². The third kappa shape index (κ3) is 3.92. The molecule has 2 aliphatic rings. The lowest BCUT2D eigenvalue weighted by Gasteiger charge is -2.26. The van der Waals surface area contributed by atoms with Crippen molar-refractivity contribution in [3.63, 3.8) is 0 Å². The van der Waals surface area contributed by atoms with Crippen LogP contribution in [0.5, 0.6) is 0 Å². The molecule has 26 heavy (non-hydrogen) atoms. The zero-order valence-corrected chi connectivity index (χ0v) is 15.3. The number of likely N-dealkylation sites (tertiary alicyclic amines) is 1. The Bertz CT molecular complexity index is 687. The summed E-state index contributed by atoms with van der Waals surface area (Å²) in [6, 6.07) is -1.44. The van der Waals surface area contributed by atoms with Gasteiger partial charge in [0.05, 0.1) is 11.3 Å². The molecule has 2 amide bonds. The van der Waals surface area contributed by atoms with Crippen molar-refractivity contribution in [3.05, 3.63) is 18.2 Å². The Kier molecular flexibility index (Phi) is 5.94. The number of carbonyl (C=O) groups excluding carboxylic acids is 3. The molecule has 0 radical (unpaired) electrons. The molecule has 1 aromatic heterocycles. The molecule has 0 aromatic carbocycles. The second-order valence-corrected chi connectivity index (χ2v) is 7.87. The fraction of sp³-hybridized carbons (Fsp3) is 0.625. The average molecular weight is 380 g/mol. The van der Waals surface area contributed by atoms with E-state index < -0.39 is 18.0 Å². The van der Waals surface area contributed by atoms with E-state index in [1.807, 2.05) is 0 Å². The van der Waals surface area contributed by atoms with Crippen LogP contribution < -0.4 is 16.8 Å². The number of aromatic nitrogens is 2.